The minimum absolute atomic E-state index is 0.0621. The van der Waals surface area contributed by atoms with Crippen molar-refractivity contribution in [1.29, 1.82) is 0 Å². The molecule has 1 aliphatic heterocycles. The van der Waals surface area contributed by atoms with Crippen LogP contribution in [0.15, 0.2) is 47.4 Å². The lowest BCUT2D eigenvalue weighted by Gasteiger charge is -2.12. The van der Waals surface area contributed by atoms with Crippen LogP contribution in [-0.2, 0) is 10.0 Å². The summed E-state index contributed by atoms with van der Waals surface area (Å²) in [6, 6.07) is 10.1. The second-order valence-electron chi connectivity index (χ2n) is 6.16. The molecule has 2 aromatic carbocycles. The number of hydrogen-bond acceptors (Lipinski definition) is 5. The second kappa shape index (κ2) is 6.60. The maximum absolute atomic E-state index is 12.5. The molecule has 0 bridgehead atoms. The Morgan fingerprint density at radius 2 is 1.63 bits per heavy atom. The van der Waals surface area contributed by atoms with Gasteiger partial charge in [-0.1, -0.05) is 6.07 Å². The summed E-state index contributed by atoms with van der Waals surface area (Å²) < 4.78 is 25.2. The highest BCUT2D eigenvalue weighted by molar-refractivity contribution is 7.89. The SMILES string of the molecule is CN1C(=O)c2cccc(NC(=O)c3ccc(S(=O)(=O)N(C)C)cc3)c2C1=O. The Morgan fingerprint density at radius 1 is 1.00 bits per heavy atom. The second-order valence-corrected chi connectivity index (χ2v) is 8.32. The van der Waals surface area contributed by atoms with Gasteiger partial charge in [0.15, 0.2) is 0 Å². The summed E-state index contributed by atoms with van der Waals surface area (Å²) in [6.07, 6.45) is 0. The van der Waals surface area contributed by atoms with Crippen molar-refractivity contribution < 1.29 is 22.8 Å². The summed E-state index contributed by atoms with van der Waals surface area (Å²) in [4.78, 5) is 37.8. The van der Waals surface area contributed by atoms with Crippen LogP contribution in [0.2, 0.25) is 0 Å². The van der Waals surface area contributed by atoms with Crippen LogP contribution in [0.4, 0.5) is 5.69 Å². The predicted octanol–water partition coefficient (Wildman–Crippen LogP) is 1.42. The number of benzene rings is 2. The molecular weight excluding hydrogens is 370 g/mol. The lowest BCUT2D eigenvalue weighted by atomic mass is 10.1. The van der Waals surface area contributed by atoms with Gasteiger partial charge in [-0.05, 0) is 36.4 Å². The van der Waals surface area contributed by atoms with Gasteiger partial charge >= 0.3 is 0 Å². The molecule has 0 spiro atoms. The van der Waals surface area contributed by atoms with Gasteiger partial charge in [0.2, 0.25) is 10.0 Å². The van der Waals surface area contributed by atoms with Crippen molar-refractivity contribution >= 4 is 33.4 Å². The molecule has 0 atom stereocenters. The van der Waals surface area contributed by atoms with Crippen molar-refractivity contribution in [2.45, 2.75) is 4.90 Å². The molecular formula is C18H17N3O5S. The number of carbonyl (C=O) groups excluding carboxylic acids is 3. The summed E-state index contributed by atoms with van der Waals surface area (Å²) in [5.41, 5.74) is 0.818. The van der Waals surface area contributed by atoms with E-state index in [4.69, 9.17) is 0 Å². The molecule has 2 aromatic rings. The average molecular weight is 387 g/mol. The molecule has 1 heterocycles. The molecule has 0 saturated heterocycles. The Kier molecular flexibility index (Phi) is 4.58. The van der Waals surface area contributed by atoms with E-state index in [2.05, 4.69) is 5.32 Å². The van der Waals surface area contributed by atoms with Gasteiger partial charge in [0.1, 0.15) is 0 Å². The van der Waals surface area contributed by atoms with Crippen LogP contribution in [0, 0.1) is 0 Å². The maximum Gasteiger partial charge on any atom is 0.263 e. The van der Waals surface area contributed by atoms with E-state index in [-0.39, 0.29) is 27.3 Å². The molecule has 140 valence electrons. The largest absolute Gasteiger partial charge is 0.321 e. The highest BCUT2D eigenvalue weighted by Crippen LogP contribution is 2.28. The third-order valence-corrected chi connectivity index (χ3v) is 6.09. The van der Waals surface area contributed by atoms with Gasteiger partial charge in [-0.2, -0.15) is 0 Å². The first kappa shape index (κ1) is 18.7. The van der Waals surface area contributed by atoms with E-state index in [0.717, 1.165) is 9.21 Å². The van der Waals surface area contributed by atoms with Crippen LogP contribution in [0.3, 0.4) is 0 Å². The number of anilines is 1. The number of hydrogen-bond donors (Lipinski definition) is 1. The smallest absolute Gasteiger partial charge is 0.263 e. The number of nitrogens with one attached hydrogen (secondary N) is 1. The van der Waals surface area contributed by atoms with Gasteiger partial charge in [-0.25, -0.2) is 12.7 Å². The molecule has 0 fully saturated rings. The number of fused-ring (bicyclic) bond motifs is 1. The van der Waals surface area contributed by atoms with Crippen molar-refractivity contribution in [1.82, 2.24) is 9.21 Å². The minimum Gasteiger partial charge on any atom is -0.321 e. The fourth-order valence-electron chi connectivity index (χ4n) is 2.69. The molecule has 1 N–H and O–H groups in total. The third-order valence-electron chi connectivity index (χ3n) is 4.26. The van der Waals surface area contributed by atoms with E-state index >= 15 is 0 Å². The average Bonchev–Trinajstić information content (AvgIpc) is 2.87. The van der Waals surface area contributed by atoms with Gasteiger partial charge in [-0.15, -0.1) is 0 Å². The molecule has 27 heavy (non-hydrogen) atoms. The Hall–Kier alpha value is -3.04. The number of amides is 3. The number of carbonyl (C=O) groups is 3. The predicted molar refractivity (Wildman–Crippen MR) is 98.1 cm³/mol. The quantitative estimate of drug-likeness (QED) is 0.799. The Morgan fingerprint density at radius 3 is 2.22 bits per heavy atom. The standard InChI is InChI=1S/C18H17N3O5S/c1-20(2)27(25,26)12-9-7-11(8-10-12)16(22)19-14-6-4-5-13-15(14)18(24)21(3)17(13)23/h4-10H,1-3H3,(H,19,22). The molecule has 0 aliphatic carbocycles. The molecule has 0 unspecified atom stereocenters. The van der Waals surface area contributed by atoms with E-state index in [1.807, 2.05) is 0 Å². The topological polar surface area (TPSA) is 104 Å². The van der Waals surface area contributed by atoms with Gasteiger partial charge in [0.05, 0.1) is 21.7 Å². The normalized spacial score (nSPS) is 13.9. The molecule has 9 heteroatoms. The van der Waals surface area contributed by atoms with E-state index in [1.54, 1.807) is 6.07 Å². The highest BCUT2D eigenvalue weighted by atomic mass is 32.2. The van der Waals surface area contributed by atoms with Crippen molar-refractivity contribution in [2.75, 3.05) is 26.5 Å². The number of rotatable bonds is 4. The lowest BCUT2D eigenvalue weighted by Crippen LogP contribution is -2.24. The van der Waals surface area contributed by atoms with E-state index < -0.39 is 27.7 Å². The minimum atomic E-state index is -3.59. The first-order valence-corrected chi connectivity index (χ1v) is 9.38. The third kappa shape index (κ3) is 3.11. The zero-order valence-corrected chi connectivity index (χ0v) is 15.7. The highest BCUT2D eigenvalue weighted by Gasteiger charge is 2.35. The molecule has 0 aromatic heterocycles. The van der Waals surface area contributed by atoms with Gasteiger partial charge in [0, 0.05) is 26.7 Å². The van der Waals surface area contributed by atoms with Crippen molar-refractivity contribution in [3.63, 3.8) is 0 Å². The lowest BCUT2D eigenvalue weighted by molar-refractivity contribution is 0.0693. The van der Waals surface area contributed by atoms with Crippen LogP contribution in [-0.4, -0.2) is 56.5 Å². The van der Waals surface area contributed by atoms with E-state index in [9.17, 15) is 22.8 Å². The first-order valence-electron chi connectivity index (χ1n) is 7.94. The number of sulfonamides is 1. The maximum atomic E-state index is 12.5. The van der Waals surface area contributed by atoms with Crippen LogP contribution < -0.4 is 5.32 Å². The zero-order valence-electron chi connectivity index (χ0n) is 14.9. The van der Waals surface area contributed by atoms with Crippen molar-refractivity contribution in [2.24, 2.45) is 0 Å². The summed E-state index contributed by atoms with van der Waals surface area (Å²) >= 11 is 0. The molecule has 3 rings (SSSR count). The number of nitrogens with zero attached hydrogens (tertiary/aromatic N) is 2. The summed E-state index contributed by atoms with van der Waals surface area (Å²) in [7, 11) is 0.619. The summed E-state index contributed by atoms with van der Waals surface area (Å²) in [6.45, 7) is 0. The van der Waals surface area contributed by atoms with Crippen LogP contribution in [0.5, 0.6) is 0 Å². The van der Waals surface area contributed by atoms with E-state index in [1.165, 1.54) is 57.5 Å². The number of imide groups is 1. The molecule has 0 saturated carbocycles. The summed E-state index contributed by atoms with van der Waals surface area (Å²) in [5.74, 6) is -1.44. The zero-order chi connectivity index (χ0) is 19.9. The molecule has 3 amide bonds. The van der Waals surface area contributed by atoms with Gasteiger partial charge in [-0.3, -0.25) is 19.3 Å². The van der Waals surface area contributed by atoms with Gasteiger partial charge < -0.3 is 5.32 Å². The molecule has 0 radical (unpaired) electrons. The molecule has 8 nitrogen and oxygen atoms in total. The Balaban J connectivity index is 1.88. The van der Waals surface area contributed by atoms with E-state index in [0.29, 0.717) is 0 Å². The summed E-state index contributed by atoms with van der Waals surface area (Å²) in [5, 5.41) is 2.61. The van der Waals surface area contributed by atoms with Gasteiger partial charge in [0.25, 0.3) is 17.7 Å². The van der Waals surface area contributed by atoms with Crippen molar-refractivity contribution in [3.8, 4) is 0 Å². The van der Waals surface area contributed by atoms with Crippen LogP contribution >= 0.6 is 0 Å². The van der Waals surface area contributed by atoms with Crippen LogP contribution in [0.25, 0.3) is 0 Å². The fourth-order valence-corrected chi connectivity index (χ4v) is 3.59. The Labute approximate surface area is 156 Å². The van der Waals surface area contributed by atoms with Crippen molar-refractivity contribution in [3.05, 3.63) is 59.2 Å². The van der Waals surface area contributed by atoms with Crippen LogP contribution in [0.1, 0.15) is 31.1 Å². The first-order chi connectivity index (χ1) is 12.6. The Bertz CT molecular complexity index is 1060. The monoisotopic (exact) mass is 387 g/mol. The molecule has 1 aliphatic rings. The fraction of sp³-hybridized carbons (Fsp3) is 0.167.